The first-order valence-corrected chi connectivity index (χ1v) is 12.4. The molecule has 1 saturated carbocycles. The molecule has 0 spiro atoms. The predicted octanol–water partition coefficient (Wildman–Crippen LogP) is 8.22. The van der Waals surface area contributed by atoms with Gasteiger partial charge in [-0.1, -0.05) is 88.2 Å². The molecule has 0 radical (unpaired) electrons. The van der Waals surface area contributed by atoms with E-state index in [9.17, 15) is 0 Å². The quantitative estimate of drug-likeness (QED) is 0.332. The summed E-state index contributed by atoms with van der Waals surface area (Å²) >= 11 is 0. The molecule has 1 aromatic carbocycles. The van der Waals surface area contributed by atoms with Gasteiger partial charge < -0.3 is 4.52 Å². The monoisotopic (exact) mass is 408 g/mol. The molecule has 0 unspecified atom stereocenters. The van der Waals surface area contributed by atoms with Crippen molar-refractivity contribution in [2.75, 3.05) is 0 Å². The molecule has 1 heterocycles. The molecule has 0 amide bonds. The van der Waals surface area contributed by atoms with E-state index in [1.54, 1.807) is 0 Å². The summed E-state index contributed by atoms with van der Waals surface area (Å²) in [6, 6.07) is 8.87. The van der Waals surface area contributed by atoms with Crippen molar-refractivity contribution in [1.82, 2.24) is 10.1 Å². The zero-order valence-electron chi connectivity index (χ0n) is 19.1. The lowest BCUT2D eigenvalue weighted by Crippen LogP contribution is -2.14. The van der Waals surface area contributed by atoms with E-state index >= 15 is 0 Å². The van der Waals surface area contributed by atoms with E-state index in [1.807, 2.05) is 6.08 Å². The number of hydrogen-bond donors (Lipinski definition) is 0. The second kappa shape index (κ2) is 12.7. The van der Waals surface area contributed by atoms with Gasteiger partial charge >= 0.3 is 0 Å². The lowest BCUT2D eigenvalue weighted by Gasteiger charge is -2.26. The van der Waals surface area contributed by atoms with Crippen LogP contribution in [-0.2, 0) is 6.42 Å². The average molecular weight is 409 g/mol. The van der Waals surface area contributed by atoms with Crippen molar-refractivity contribution in [2.45, 2.75) is 103 Å². The standard InChI is InChI=1S/C27H40N2O/c1-3-5-7-8-9-11-23-12-14-24(15-13-23)18-21-26-28-27(29-30-26)25-19-16-22(17-20-25)10-6-4-2/h12-15,18,21-22,25H,3-11,16-17,19-20H2,1-2H3/b21-18+. The smallest absolute Gasteiger partial charge is 0.250 e. The fourth-order valence-electron chi connectivity index (χ4n) is 4.58. The SMILES string of the molecule is CCCCCCCc1ccc(/C=C/c2nc(C3CCC(CCCC)CC3)no2)cc1. The number of aryl methyl sites for hydroxylation is 1. The van der Waals surface area contributed by atoms with Crippen molar-refractivity contribution in [3.63, 3.8) is 0 Å². The van der Waals surface area contributed by atoms with E-state index in [-0.39, 0.29) is 0 Å². The van der Waals surface area contributed by atoms with Gasteiger partial charge in [-0.05, 0) is 61.6 Å². The van der Waals surface area contributed by atoms with Crippen molar-refractivity contribution in [3.05, 3.63) is 47.1 Å². The molecule has 0 saturated heterocycles. The van der Waals surface area contributed by atoms with Crippen LogP contribution in [0.4, 0.5) is 0 Å². The van der Waals surface area contributed by atoms with Gasteiger partial charge in [0.2, 0.25) is 0 Å². The Morgan fingerprint density at radius 3 is 2.33 bits per heavy atom. The molecule has 1 aliphatic rings. The maximum atomic E-state index is 5.49. The van der Waals surface area contributed by atoms with Gasteiger partial charge in [0, 0.05) is 12.0 Å². The summed E-state index contributed by atoms with van der Waals surface area (Å²) in [4.78, 5) is 4.65. The predicted molar refractivity (Wildman–Crippen MR) is 126 cm³/mol. The first-order valence-electron chi connectivity index (χ1n) is 12.4. The van der Waals surface area contributed by atoms with Crippen molar-refractivity contribution >= 4 is 12.2 Å². The Hall–Kier alpha value is -1.90. The van der Waals surface area contributed by atoms with Gasteiger partial charge in [-0.15, -0.1) is 0 Å². The van der Waals surface area contributed by atoms with Crippen molar-refractivity contribution in [3.8, 4) is 0 Å². The van der Waals surface area contributed by atoms with Gasteiger partial charge in [0.15, 0.2) is 5.82 Å². The second-order valence-corrected chi connectivity index (χ2v) is 9.09. The molecule has 3 nitrogen and oxygen atoms in total. The number of unbranched alkanes of at least 4 members (excludes halogenated alkanes) is 5. The Bertz CT molecular complexity index is 738. The van der Waals surface area contributed by atoms with E-state index in [0.29, 0.717) is 11.8 Å². The first-order chi connectivity index (χ1) is 14.8. The van der Waals surface area contributed by atoms with Crippen LogP contribution in [0.3, 0.4) is 0 Å². The highest BCUT2D eigenvalue weighted by Gasteiger charge is 2.25. The van der Waals surface area contributed by atoms with Crippen LogP contribution in [0.15, 0.2) is 28.8 Å². The van der Waals surface area contributed by atoms with E-state index in [1.165, 1.54) is 94.6 Å². The third kappa shape index (κ3) is 7.41. The van der Waals surface area contributed by atoms with Gasteiger partial charge in [-0.2, -0.15) is 4.98 Å². The van der Waals surface area contributed by atoms with Crippen LogP contribution >= 0.6 is 0 Å². The fraction of sp³-hybridized carbons (Fsp3) is 0.630. The number of aromatic nitrogens is 2. The molecular formula is C27H40N2O. The number of rotatable bonds is 12. The molecule has 1 aromatic heterocycles. The third-order valence-electron chi connectivity index (χ3n) is 6.60. The zero-order chi connectivity index (χ0) is 21.0. The highest BCUT2D eigenvalue weighted by atomic mass is 16.5. The molecule has 0 atom stereocenters. The normalized spacial score (nSPS) is 19.5. The van der Waals surface area contributed by atoms with Crippen molar-refractivity contribution in [2.24, 2.45) is 5.92 Å². The molecule has 0 aliphatic heterocycles. The largest absolute Gasteiger partial charge is 0.335 e. The van der Waals surface area contributed by atoms with Gasteiger partial charge in [-0.25, -0.2) is 0 Å². The molecule has 2 aromatic rings. The summed E-state index contributed by atoms with van der Waals surface area (Å²) in [5.41, 5.74) is 2.61. The van der Waals surface area contributed by atoms with E-state index in [4.69, 9.17) is 4.52 Å². The van der Waals surface area contributed by atoms with Crippen molar-refractivity contribution < 1.29 is 4.52 Å². The molecule has 3 heteroatoms. The van der Waals surface area contributed by atoms with Crippen LogP contribution in [-0.4, -0.2) is 10.1 Å². The number of nitrogens with zero attached hydrogens (tertiary/aromatic N) is 2. The molecule has 164 valence electrons. The summed E-state index contributed by atoms with van der Waals surface area (Å²) in [6.07, 6.45) is 21.0. The number of hydrogen-bond acceptors (Lipinski definition) is 3. The van der Waals surface area contributed by atoms with Crippen LogP contribution in [0.1, 0.15) is 120 Å². The minimum Gasteiger partial charge on any atom is -0.335 e. The molecule has 0 bridgehead atoms. The summed E-state index contributed by atoms with van der Waals surface area (Å²) < 4.78 is 5.49. The Balaban J connectivity index is 1.44. The topological polar surface area (TPSA) is 38.9 Å². The molecule has 0 N–H and O–H groups in total. The molecule has 1 aliphatic carbocycles. The lowest BCUT2D eigenvalue weighted by molar-refractivity contribution is 0.292. The number of benzene rings is 1. The van der Waals surface area contributed by atoms with Crippen LogP contribution in [0.25, 0.3) is 12.2 Å². The van der Waals surface area contributed by atoms with E-state index in [0.717, 1.165) is 11.7 Å². The van der Waals surface area contributed by atoms with E-state index < -0.39 is 0 Å². The van der Waals surface area contributed by atoms with Gasteiger partial charge in [0.1, 0.15) is 0 Å². The first kappa shape index (κ1) is 22.8. The van der Waals surface area contributed by atoms with Crippen molar-refractivity contribution in [1.29, 1.82) is 0 Å². The minimum atomic E-state index is 0.477. The molecule has 1 fully saturated rings. The minimum absolute atomic E-state index is 0.477. The summed E-state index contributed by atoms with van der Waals surface area (Å²) in [7, 11) is 0. The summed E-state index contributed by atoms with van der Waals surface area (Å²) in [5, 5.41) is 4.27. The maximum Gasteiger partial charge on any atom is 0.250 e. The lowest BCUT2D eigenvalue weighted by atomic mass is 9.79. The molecule has 3 rings (SSSR count). The Morgan fingerprint density at radius 2 is 1.60 bits per heavy atom. The fourth-order valence-corrected chi connectivity index (χ4v) is 4.58. The Morgan fingerprint density at radius 1 is 0.867 bits per heavy atom. The highest BCUT2D eigenvalue weighted by molar-refractivity contribution is 5.66. The van der Waals surface area contributed by atoms with Crippen LogP contribution in [0.2, 0.25) is 0 Å². The van der Waals surface area contributed by atoms with Gasteiger partial charge in [0.05, 0.1) is 0 Å². The summed E-state index contributed by atoms with van der Waals surface area (Å²) in [5.74, 6) is 2.91. The van der Waals surface area contributed by atoms with Crippen LogP contribution < -0.4 is 0 Å². The third-order valence-corrected chi connectivity index (χ3v) is 6.60. The highest BCUT2D eigenvalue weighted by Crippen LogP contribution is 2.36. The second-order valence-electron chi connectivity index (χ2n) is 9.09. The summed E-state index contributed by atoms with van der Waals surface area (Å²) in [6.45, 7) is 4.55. The van der Waals surface area contributed by atoms with Crippen LogP contribution in [0, 0.1) is 5.92 Å². The van der Waals surface area contributed by atoms with Gasteiger partial charge in [0.25, 0.3) is 5.89 Å². The Labute approximate surface area is 183 Å². The maximum absolute atomic E-state index is 5.49. The Kier molecular flexibility index (Phi) is 9.66. The van der Waals surface area contributed by atoms with Crippen LogP contribution in [0.5, 0.6) is 0 Å². The zero-order valence-corrected chi connectivity index (χ0v) is 19.1. The van der Waals surface area contributed by atoms with E-state index in [2.05, 4.69) is 54.3 Å². The average Bonchev–Trinajstić information content (AvgIpc) is 3.26. The molecular weight excluding hydrogens is 368 g/mol. The molecule has 30 heavy (non-hydrogen) atoms. The van der Waals surface area contributed by atoms with Gasteiger partial charge in [-0.3, -0.25) is 0 Å².